The molecule has 0 bridgehead atoms. The van der Waals surface area contributed by atoms with Gasteiger partial charge in [0.05, 0.1) is 4.21 Å². The molecule has 0 spiro atoms. The summed E-state index contributed by atoms with van der Waals surface area (Å²) in [5, 5.41) is 2.98. The summed E-state index contributed by atoms with van der Waals surface area (Å²) < 4.78 is 1.47. The highest BCUT2D eigenvalue weighted by atomic mass is 32.2. The first-order valence-electron chi connectivity index (χ1n) is 5.51. The lowest BCUT2D eigenvalue weighted by Crippen LogP contribution is -2.37. The molecule has 0 saturated carbocycles. The van der Waals surface area contributed by atoms with Gasteiger partial charge < -0.3 is 10.6 Å². The average Bonchev–Trinajstić information content (AvgIpc) is 2.74. The second-order valence-electron chi connectivity index (χ2n) is 3.88. The van der Waals surface area contributed by atoms with Crippen molar-refractivity contribution in [1.29, 1.82) is 0 Å². The Morgan fingerprint density at radius 3 is 2.87 bits per heavy atom. The molecule has 2 N–H and O–H groups in total. The van der Waals surface area contributed by atoms with E-state index in [1.165, 1.54) is 30.1 Å². The molecule has 84 valence electrons. The molecule has 0 radical (unpaired) electrons. The van der Waals surface area contributed by atoms with Crippen molar-refractivity contribution in [3.8, 4) is 0 Å². The molecule has 1 aliphatic rings. The summed E-state index contributed by atoms with van der Waals surface area (Å²) in [7, 11) is 0. The minimum absolute atomic E-state index is 0.794. The number of thiophene rings is 1. The summed E-state index contributed by atoms with van der Waals surface area (Å²) >= 11 is 3.91. The van der Waals surface area contributed by atoms with E-state index in [0.717, 1.165) is 18.3 Å². The zero-order valence-electron chi connectivity index (χ0n) is 8.89. The third-order valence-corrected chi connectivity index (χ3v) is 5.17. The lowest BCUT2D eigenvalue weighted by Gasteiger charge is -2.30. The number of nitrogens with two attached hydrogens (primary N) is 1. The fraction of sp³-hybridized carbons (Fsp3) is 0.636. The maximum atomic E-state index is 5.56. The molecule has 1 aliphatic heterocycles. The highest BCUT2D eigenvalue weighted by Gasteiger charge is 2.19. The van der Waals surface area contributed by atoms with Crippen LogP contribution < -0.4 is 5.73 Å². The first-order valence-corrected chi connectivity index (χ1v) is 7.27. The highest BCUT2D eigenvalue weighted by molar-refractivity contribution is 8.01. The van der Waals surface area contributed by atoms with E-state index in [0.29, 0.717) is 0 Å². The van der Waals surface area contributed by atoms with Crippen LogP contribution in [0.15, 0.2) is 21.7 Å². The predicted molar refractivity (Wildman–Crippen MR) is 68.7 cm³/mol. The third-order valence-electron chi connectivity index (χ3n) is 2.76. The number of nitrogens with zero attached hydrogens (tertiary/aromatic N) is 1. The molecule has 15 heavy (non-hydrogen) atoms. The third kappa shape index (κ3) is 3.48. The monoisotopic (exact) mass is 242 g/mol. The normalized spacial score (nSPS) is 19.5. The highest BCUT2D eigenvalue weighted by Crippen LogP contribution is 2.32. The van der Waals surface area contributed by atoms with Crippen LogP contribution in [0.5, 0.6) is 0 Å². The van der Waals surface area contributed by atoms with E-state index in [9.17, 15) is 0 Å². The largest absolute Gasteiger partial charge is 0.329 e. The fourth-order valence-electron chi connectivity index (χ4n) is 1.93. The Balaban J connectivity index is 1.74. The van der Waals surface area contributed by atoms with E-state index in [2.05, 4.69) is 34.2 Å². The van der Waals surface area contributed by atoms with E-state index in [4.69, 9.17) is 5.73 Å². The van der Waals surface area contributed by atoms with Crippen LogP contribution in [0.1, 0.15) is 12.8 Å². The van der Waals surface area contributed by atoms with Crippen LogP contribution >= 0.6 is 23.1 Å². The summed E-state index contributed by atoms with van der Waals surface area (Å²) in [5.41, 5.74) is 5.56. The summed E-state index contributed by atoms with van der Waals surface area (Å²) in [4.78, 5) is 2.48. The molecule has 0 aromatic carbocycles. The van der Waals surface area contributed by atoms with Crippen LogP contribution in [0.4, 0.5) is 0 Å². The lowest BCUT2D eigenvalue weighted by atomic mass is 10.1. The van der Waals surface area contributed by atoms with Crippen molar-refractivity contribution >= 4 is 23.1 Å². The van der Waals surface area contributed by atoms with Gasteiger partial charge >= 0.3 is 0 Å². The molecule has 0 aliphatic carbocycles. The maximum absolute atomic E-state index is 5.56. The summed E-state index contributed by atoms with van der Waals surface area (Å²) in [5.74, 6) is 0. The standard InChI is InChI=1S/C11H18N2S2/c12-5-8-13-6-3-10(4-7-13)15-11-2-1-9-14-11/h1-2,9-10H,3-8,12H2. The first kappa shape index (κ1) is 11.5. The summed E-state index contributed by atoms with van der Waals surface area (Å²) in [6, 6.07) is 4.36. The summed E-state index contributed by atoms with van der Waals surface area (Å²) in [6.07, 6.45) is 2.62. The molecule has 4 heteroatoms. The van der Waals surface area contributed by atoms with Gasteiger partial charge in [-0.15, -0.1) is 23.1 Å². The minimum atomic E-state index is 0.794. The Morgan fingerprint density at radius 2 is 2.27 bits per heavy atom. The van der Waals surface area contributed by atoms with E-state index in [1.54, 1.807) is 0 Å². The van der Waals surface area contributed by atoms with Crippen molar-refractivity contribution in [1.82, 2.24) is 4.90 Å². The smallest absolute Gasteiger partial charge is 0.0601 e. The van der Waals surface area contributed by atoms with Gasteiger partial charge in [-0.1, -0.05) is 6.07 Å². The molecule has 0 amide bonds. The van der Waals surface area contributed by atoms with Crippen LogP contribution in [0, 0.1) is 0 Å². The molecular weight excluding hydrogens is 224 g/mol. The van der Waals surface area contributed by atoms with E-state index in [1.807, 2.05) is 11.3 Å². The molecule has 2 nitrogen and oxygen atoms in total. The number of thioether (sulfide) groups is 1. The number of hydrogen-bond donors (Lipinski definition) is 1. The quantitative estimate of drug-likeness (QED) is 0.878. The van der Waals surface area contributed by atoms with Gasteiger partial charge in [-0.25, -0.2) is 0 Å². The molecule has 2 rings (SSSR count). The van der Waals surface area contributed by atoms with Gasteiger partial charge in [-0.3, -0.25) is 0 Å². The summed E-state index contributed by atoms with van der Waals surface area (Å²) in [6.45, 7) is 4.31. The van der Waals surface area contributed by atoms with Crippen molar-refractivity contribution in [3.05, 3.63) is 17.5 Å². The molecule has 1 fully saturated rings. The Bertz CT molecular complexity index is 266. The van der Waals surface area contributed by atoms with E-state index >= 15 is 0 Å². The lowest BCUT2D eigenvalue weighted by molar-refractivity contribution is 0.239. The predicted octanol–water partition coefficient (Wildman–Crippen LogP) is 2.26. The second kappa shape index (κ2) is 5.89. The topological polar surface area (TPSA) is 29.3 Å². The Morgan fingerprint density at radius 1 is 1.47 bits per heavy atom. The Labute approximate surface area is 99.8 Å². The van der Waals surface area contributed by atoms with E-state index in [-0.39, 0.29) is 0 Å². The van der Waals surface area contributed by atoms with Gasteiger partial charge in [0.2, 0.25) is 0 Å². The van der Waals surface area contributed by atoms with E-state index < -0.39 is 0 Å². The molecule has 2 heterocycles. The van der Waals surface area contributed by atoms with Crippen molar-refractivity contribution in [2.75, 3.05) is 26.2 Å². The number of hydrogen-bond acceptors (Lipinski definition) is 4. The second-order valence-corrected chi connectivity index (χ2v) is 6.43. The van der Waals surface area contributed by atoms with Crippen molar-refractivity contribution < 1.29 is 0 Å². The number of rotatable bonds is 4. The van der Waals surface area contributed by atoms with Crippen LogP contribution in [0.3, 0.4) is 0 Å². The molecule has 1 aromatic rings. The van der Waals surface area contributed by atoms with Gasteiger partial charge in [0.25, 0.3) is 0 Å². The van der Waals surface area contributed by atoms with Gasteiger partial charge in [0, 0.05) is 18.3 Å². The average molecular weight is 242 g/mol. The van der Waals surface area contributed by atoms with Crippen LogP contribution in [-0.2, 0) is 0 Å². The van der Waals surface area contributed by atoms with Crippen molar-refractivity contribution in [3.63, 3.8) is 0 Å². The number of likely N-dealkylation sites (tertiary alicyclic amines) is 1. The van der Waals surface area contributed by atoms with Crippen LogP contribution in [0.2, 0.25) is 0 Å². The maximum Gasteiger partial charge on any atom is 0.0601 e. The zero-order valence-corrected chi connectivity index (χ0v) is 10.5. The van der Waals surface area contributed by atoms with Crippen LogP contribution in [0.25, 0.3) is 0 Å². The van der Waals surface area contributed by atoms with Crippen molar-refractivity contribution in [2.24, 2.45) is 5.73 Å². The first-order chi connectivity index (χ1) is 7.38. The van der Waals surface area contributed by atoms with Crippen molar-refractivity contribution in [2.45, 2.75) is 22.3 Å². The van der Waals surface area contributed by atoms with Gasteiger partial charge in [-0.05, 0) is 37.4 Å². The molecule has 0 atom stereocenters. The Hall–Kier alpha value is -0.0300. The SMILES string of the molecule is NCCN1CCC(Sc2cccs2)CC1. The molecule has 1 aromatic heterocycles. The molecule has 0 unspecified atom stereocenters. The minimum Gasteiger partial charge on any atom is -0.329 e. The molecule has 1 saturated heterocycles. The van der Waals surface area contributed by atoms with Gasteiger partial charge in [-0.2, -0.15) is 0 Å². The number of piperidine rings is 1. The fourth-order valence-corrected chi connectivity index (χ4v) is 4.11. The van der Waals surface area contributed by atoms with Gasteiger partial charge in [0.1, 0.15) is 0 Å². The van der Waals surface area contributed by atoms with Crippen LogP contribution in [-0.4, -0.2) is 36.3 Å². The van der Waals surface area contributed by atoms with Gasteiger partial charge in [0.15, 0.2) is 0 Å². The zero-order chi connectivity index (χ0) is 10.5. The Kier molecular flexibility index (Phi) is 4.50. The molecular formula is C11H18N2S2.